The molecule has 0 atom stereocenters. The lowest BCUT2D eigenvalue weighted by atomic mass is 10.1. The van der Waals surface area contributed by atoms with Crippen molar-refractivity contribution in [1.82, 2.24) is 9.88 Å². The average Bonchev–Trinajstić information content (AvgIpc) is 3.40. The highest BCUT2D eigenvalue weighted by atomic mass is 79.9. The van der Waals surface area contributed by atoms with Gasteiger partial charge in [-0.2, -0.15) is 0 Å². The predicted octanol–water partition coefficient (Wildman–Crippen LogP) is 5.03. The summed E-state index contributed by atoms with van der Waals surface area (Å²) in [6.45, 7) is 5.46. The van der Waals surface area contributed by atoms with Crippen LogP contribution in [0, 0.1) is 6.92 Å². The molecule has 5 nitrogen and oxygen atoms in total. The minimum absolute atomic E-state index is 0.123. The van der Waals surface area contributed by atoms with Crippen LogP contribution in [-0.4, -0.2) is 41.2 Å². The first-order chi connectivity index (χ1) is 14.0. The smallest absolute Gasteiger partial charge is 0.256 e. The Bertz CT molecular complexity index is 970. The van der Waals surface area contributed by atoms with E-state index in [-0.39, 0.29) is 11.7 Å². The summed E-state index contributed by atoms with van der Waals surface area (Å²) in [4.78, 5) is 30.7. The standard InChI is InChI=1S/C23H26BrN3O2/c1-15-12-21(22(28)6-2-3-9-27-10-4-5-11-27)25-20(15)14-18-17-13-16(24)7-8-19(17)26-23(18)29/h7-8,12-14,25H,2-6,9-11H2,1H3,(H,26,29)/b18-14-. The summed E-state index contributed by atoms with van der Waals surface area (Å²) in [5, 5.41) is 2.89. The van der Waals surface area contributed by atoms with Gasteiger partial charge in [-0.1, -0.05) is 15.9 Å². The Morgan fingerprint density at radius 2 is 2.00 bits per heavy atom. The number of amides is 1. The second kappa shape index (κ2) is 8.67. The molecular formula is C23H26BrN3O2. The molecule has 2 aliphatic rings. The molecule has 1 saturated heterocycles. The topological polar surface area (TPSA) is 65.2 Å². The summed E-state index contributed by atoms with van der Waals surface area (Å²) in [5.41, 5.74) is 4.69. The van der Waals surface area contributed by atoms with E-state index in [1.54, 1.807) is 0 Å². The fourth-order valence-electron chi connectivity index (χ4n) is 4.08. The molecule has 4 rings (SSSR count). The van der Waals surface area contributed by atoms with Gasteiger partial charge in [-0.05, 0) is 88.1 Å². The van der Waals surface area contributed by atoms with Crippen LogP contribution in [-0.2, 0) is 4.79 Å². The number of likely N-dealkylation sites (tertiary alicyclic amines) is 1. The number of halogens is 1. The van der Waals surface area contributed by atoms with Crippen molar-refractivity contribution in [2.75, 3.05) is 25.0 Å². The number of H-pyrrole nitrogens is 1. The molecule has 0 saturated carbocycles. The van der Waals surface area contributed by atoms with Crippen molar-refractivity contribution < 1.29 is 9.59 Å². The summed E-state index contributed by atoms with van der Waals surface area (Å²) in [6.07, 6.45) is 6.98. The van der Waals surface area contributed by atoms with Gasteiger partial charge in [-0.15, -0.1) is 0 Å². The number of hydrogen-bond donors (Lipinski definition) is 2. The number of carbonyl (C=O) groups excluding carboxylic acids is 2. The number of anilines is 1. The zero-order valence-electron chi connectivity index (χ0n) is 16.7. The number of unbranched alkanes of at least 4 members (excludes halogenated alkanes) is 1. The van der Waals surface area contributed by atoms with E-state index in [9.17, 15) is 9.59 Å². The molecule has 29 heavy (non-hydrogen) atoms. The number of nitrogens with one attached hydrogen (secondary N) is 2. The molecular weight excluding hydrogens is 430 g/mol. The molecule has 152 valence electrons. The van der Waals surface area contributed by atoms with Crippen LogP contribution in [0.5, 0.6) is 0 Å². The van der Waals surface area contributed by atoms with Crippen LogP contribution >= 0.6 is 15.9 Å². The lowest BCUT2D eigenvalue weighted by Gasteiger charge is -2.13. The first-order valence-corrected chi connectivity index (χ1v) is 11.1. The van der Waals surface area contributed by atoms with Crippen molar-refractivity contribution in [2.24, 2.45) is 0 Å². The molecule has 0 bridgehead atoms. The molecule has 0 spiro atoms. The lowest BCUT2D eigenvalue weighted by molar-refractivity contribution is -0.110. The van der Waals surface area contributed by atoms with Gasteiger partial charge in [-0.3, -0.25) is 9.59 Å². The maximum Gasteiger partial charge on any atom is 0.256 e. The van der Waals surface area contributed by atoms with Crippen LogP contribution in [0.15, 0.2) is 28.7 Å². The number of aryl methyl sites for hydroxylation is 1. The van der Waals surface area contributed by atoms with Gasteiger partial charge in [0.15, 0.2) is 5.78 Å². The zero-order chi connectivity index (χ0) is 20.4. The zero-order valence-corrected chi connectivity index (χ0v) is 18.3. The van der Waals surface area contributed by atoms with E-state index in [1.807, 2.05) is 37.3 Å². The number of rotatable bonds is 7. The highest BCUT2D eigenvalue weighted by Gasteiger charge is 2.25. The predicted molar refractivity (Wildman–Crippen MR) is 120 cm³/mol. The van der Waals surface area contributed by atoms with Gasteiger partial charge in [0, 0.05) is 27.8 Å². The highest BCUT2D eigenvalue weighted by Crippen LogP contribution is 2.35. The second-order valence-electron chi connectivity index (χ2n) is 7.91. The monoisotopic (exact) mass is 455 g/mol. The van der Waals surface area contributed by atoms with Crippen molar-refractivity contribution >= 4 is 45.0 Å². The minimum Gasteiger partial charge on any atom is -0.352 e. The summed E-state index contributed by atoms with van der Waals surface area (Å²) < 4.78 is 0.923. The molecule has 2 N–H and O–H groups in total. The quantitative estimate of drug-likeness (QED) is 0.349. The molecule has 2 aromatic rings. The van der Waals surface area contributed by atoms with E-state index < -0.39 is 0 Å². The Balaban J connectivity index is 1.43. The van der Waals surface area contributed by atoms with Crippen LogP contribution in [0.1, 0.15) is 59.4 Å². The number of nitrogens with zero attached hydrogens (tertiary/aromatic N) is 1. The van der Waals surface area contributed by atoms with Crippen LogP contribution in [0.2, 0.25) is 0 Å². The van der Waals surface area contributed by atoms with E-state index >= 15 is 0 Å². The van der Waals surface area contributed by atoms with Crippen LogP contribution in [0.25, 0.3) is 11.6 Å². The molecule has 6 heteroatoms. The normalized spacial score (nSPS) is 17.7. The molecule has 1 amide bonds. The number of benzene rings is 1. The Labute approximate surface area is 179 Å². The van der Waals surface area contributed by atoms with Crippen molar-refractivity contribution in [1.29, 1.82) is 0 Å². The maximum absolute atomic E-state index is 12.6. The number of Topliss-reactive ketones (excluding diaryl/α,β-unsaturated/α-hetero) is 1. The minimum atomic E-state index is -0.123. The molecule has 1 aromatic carbocycles. The van der Waals surface area contributed by atoms with E-state index in [2.05, 4.69) is 31.1 Å². The number of carbonyl (C=O) groups is 2. The molecule has 2 aliphatic heterocycles. The van der Waals surface area contributed by atoms with Gasteiger partial charge in [-0.25, -0.2) is 0 Å². The molecule has 3 heterocycles. The number of hydrogen-bond acceptors (Lipinski definition) is 3. The molecule has 1 fully saturated rings. The van der Waals surface area contributed by atoms with Crippen molar-refractivity contribution in [3.8, 4) is 0 Å². The molecule has 1 aromatic heterocycles. The first-order valence-electron chi connectivity index (χ1n) is 10.3. The van der Waals surface area contributed by atoms with Crippen molar-refractivity contribution in [3.05, 3.63) is 51.3 Å². The maximum atomic E-state index is 12.6. The fourth-order valence-corrected chi connectivity index (χ4v) is 4.44. The van der Waals surface area contributed by atoms with E-state index in [0.717, 1.165) is 46.4 Å². The Morgan fingerprint density at radius 3 is 2.79 bits per heavy atom. The number of fused-ring (bicyclic) bond motifs is 1. The summed E-state index contributed by atoms with van der Waals surface area (Å²) in [6, 6.07) is 7.62. The van der Waals surface area contributed by atoms with E-state index in [1.165, 1.54) is 25.9 Å². The molecule has 0 radical (unpaired) electrons. The van der Waals surface area contributed by atoms with Gasteiger partial charge in [0.05, 0.1) is 11.3 Å². The third-order valence-electron chi connectivity index (χ3n) is 5.74. The summed E-state index contributed by atoms with van der Waals surface area (Å²) >= 11 is 3.46. The highest BCUT2D eigenvalue weighted by molar-refractivity contribution is 9.10. The van der Waals surface area contributed by atoms with E-state index in [0.29, 0.717) is 17.7 Å². The molecule has 0 unspecified atom stereocenters. The second-order valence-corrected chi connectivity index (χ2v) is 8.83. The largest absolute Gasteiger partial charge is 0.352 e. The number of aromatic nitrogens is 1. The fraction of sp³-hybridized carbons (Fsp3) is 0.391. The van der Waals surface area contributed by atoms with E-state index in [4.69, 9.17) is 0 Å². The molecule has 0 aliphatic carbocycles. The average molecular weight is 456 g/mol. The third-order valence-corrected chi connectivity index (χ3v) is 6.23. The Kier molecular flexibility index (Phi) is 6.01. The van der Waals surface area contributed by atoms with Crippen LogP contribution in [0.3, 0.4) is 0 Å². The summed E-state index contributed by atoms with van der Waals surface area (Å²) in [7, 11) is 0. The van der Waals surface area contributed by atoms with Gasteiger partial charge < -0.3 is 15.2 Å². The van der Waals surface area contributed by atoms with Crippen molar-refractivity contribution in [2.45, 2.75) is 39.0 Å². The number of aromatic amines is 1. The van der Waals surface area contributed by atoms with Crippen LogP contribution in [0.4, 0.5) is 5.69 Å². The first kappa shape index (κ1) is 20.1. The SMILES string of the molecule is Cc1cc(C(=O)CCCCN2CCCC2)[nH]c1/C=C1\C(=O)Nc2ccc(Br)cc21. The summed E-state index contributed by atoms with van der Waals surface area (Å²) in [5.74, 6) is 0.0140. The van der Waals surface area contributed by atoms with Gasteiger partial charge >= 0.3 is 0 Å². The van der Waals surface area contributed by atoms with Crippen LogP contribution < -0.4 is 5.32 Å². The Morgan fingerprint density at radius 1 is 1.21 bits per heavy atom. The van der Waals surface area contributed by atoms with Crippen molar-refractivity contribution in [3.63, 3.8) is 0 Å². The van der Waals surface area contributed by atoms with Gasteiger partial charge in [0.25, 0.3) is 5.91 Å². The third kappa shape index (κ3) is 4.54. The van der Waals surface area contributed by atoms with Gasteiger partial charge in [0.1, 0.15) is 0 Å². The lowest BCUT2D eigenvalue weighted by Crippen LogP contribution is -2.20. The number of ketones is 1. The van der Waals surface area contributed by atoms with Gasteiger partial charge in [0.2, 0.25) is 0 Å². The Hall–Kier alpha value is -2.18.